The highest BCUT2D eigenvalue weighted by Crippen LogP contribution is 2.32. The predicted molar refractivity (Wildman–Crippen MR) is 87.0 cm³/mol. The van der Waals surface area contributed by atoms with Gasteiger partial charge in [-0.25, -0.2) is 0 Å². The van der Waals surface area contributed by atoms with Crippen LogP contribution in [0.15, 0.2) is 22.9 Å². The molecule has 21 heavy (non-hydrogen) atoms. The Kier molecular flexibility index (Phi) is 6.01. The lowest BCUT2D eigenvalue weighted by Gasteiger charge is -2.19. The van der Waals surface area contributed by atoms with E-state index in [9.17, 15) is 0 Å². The molecule has 0 saturated carbocycles. The Bertz CT molecular complexity index is 620. The maximum absolute atomic E-state index is 6.27. The first-order chi connectivity index (χ1) is 10.1. The molecular formula is C13H15BrCl2N4O. The van der Waals surface area contributed by atoms with Crippen molar-refractivity contribution in [3.05, 3.63) is 44.4 Å². The number of nitrogens with one attached hydrogen (secondary N) is 1. The third-order valence-corrected chi connectivity index (χ3v) is 4.13. The van der Waals surface area contributed by atoms with Crippen molar-refractivity contribution in [3.63, 3.8) is 0 Å². The third kappa shape index (κ3) is 3.76. The van der Waals surface area contributed by atoms with Crippen LogP contribution in [0.25, 0.3) is 0 Å². The van der Waals surface area contributed by atoms with Crippen molar-refractivity contribution in [2.24, 2.45) is 0 Å². The molecule has 2 heterocycles. The molecule has 0 saturated heterocycles. The van der Waals surface area contributed by atoms with Crippen LogP contribution < -0.4 is 5.32 Å². The zero-order valence-electron chi connectivity index (χ0n) is 11.6. The van der Waals surface area contributed by atoms with Crippen molar-refractivity contribution in [2.45, 2.75) is 12.6 Å². The average molecular weight is 394 g/mol. The highest BCUT2D eigenvalue weighted by Gasteiger charge is 2.24. The summed E-state index contributed by atoms with van der Waals surface area (Å²) < 4.78 is 7.86. The number of hydrogen-bond acceptors (Lipinski definition) is 4. The van der Waals surface area contributed by atoms with Gasteiger partial charge in [0.2, 0.25) is 0 Å². The summed E-state index contributed by atoms with van der Waals surface area (Å²) in [7, 11) is 3.50. The van der Waals surface area contributed by atoms with Crippen molar-refractivity contribution >= 4 is 39.1 Å². The number of halogens is 3. The summed E-state index contributed by atoms with van der Waals surface area (Å²) in [5, 5.41) is 8.58. The van der Waals surface area contributed by atoms with Gasteiger partial charge in [0.15, 0.2) is 0 Å². The highest BCUT2D eigenvalue weighted by atomic mass is 79.9. The van der Waals surface area contributed by atoms with E-state index in [2.05, 4.69) is 31.3 Å². The Hall–Kier alpha value is -0.660. The normalized spacial score (nSPS) is 12.6. The zero-order valence-corrected chi connectivity index (χ0v) is 14.7. The number of nitrogens with zero attached hydrogens (tertiary/aromatic N) is 3. The second kappa shape index (κ2) is 7.56. The molecule has 0 bridgehead atoms. The predicted octanol–water partition coefficient (Wildman–Crippen LogP) is 3.30. The maximum Gasteiger partial charge on any atom is 0.0946 e. The van der Waals surface area contributed by atoms with Gasteiger partial charge in [0.1, 0.15) is 0 Å². The molecular weight excluding hydrogens is 379 g/mol. The minimum Gasteiger partial charge on any atom is -0.383 e. The number of aromatic nitrogens is 3. The van der Waals surface area contributed by atoms with Crippen LogP contribution in [0.4, 0.5) is 0 Å². The van der Waals surface area contributed by atoms with Gasteiger partial charge < -0.3 is 10.1 Å². The Morgan fingerprint density at radius 1 is 1.43 bits per heavy atom. The van der Waals surface area contributed by atoms with Crippen molar-refractivity contribution < 1.29 is 4.74 Å². The number of hydrogen-bond donors (Lipinski definition) is 1. The number of methoxy groups -OCH3 is 1. The van der Waals surface area contributed by atoms with Crippen LogP contribution in [0.1, 0.15) is 17.4 Å². The summed E-state index contributed by atoms with van der Waals surface area (Å²) >= 11 is 15.7. The molecule has 1 unspecified atom stereocenters. The van der Waals surface area contributed by atoms with E-state index in [0.717, 1.165) is 10.2 Å². The van der Waals surface area contributed by atoms with Gasteiger partial charge in [0.25, 0.3) is 0 Å². The summed E-state index contributed by atoms with van der Waals surface area (Å²) in [6, 6.07) is 1.48. The molecule has 114 valence electrons. The number of pyridine rings is 1. The first-order valence-electron chi connectivity index (χ1n) is 6.26. The molecule has 8 heteroatoms. The first-order valence-corrected chi connectivity index (χ1v) is 7.81. The largest absolute Gasteiger partial charge is 0.383 e. The third-order valence-electron chi connectivity index (χ3n) is 3.01. The summed E-state index contributed by atoms with van der Waals surface area (Å²) in [6.45, 7) is 1.21. The summed E-state index contributed by atoms with van der Waals surface area (Å²) in [4.78, 5) is 4.35. The molecule has 0 radical (unpaired) electrons. The Labute approximate surface area is 141 Å². The zero-order chi connectivity index (χ0) is 15.4. The van der Waals surface area contributed by atoms with Crippen LogP contribution in [0.5, 0.6) is 0 Å². The number of ether oxygens (including phenoxy) is 1. The molecule has 0 aromatic carbocycles. The van der Waals surface area contributed by atoms with Crippen LogP contribution in [-0.4, -0.2) is 35.5 Å². The molecule has 1 atom stereocenters. The molecule has 0 aliphatic rings. The van der Waals surface area contributed by atoms with E-state index in [1.807, 2.05) is 11.7 Å². The molecule has 0 aliphatic carbocycles. The molecule has 2 rings (SSSR count). The minimum atomic E-state index is -0.205. The van der Waals surface area contributed by atoms with Crippen LogP contribution in [-0.2, 0) is 11.3 Å². The van der Waals surface area contributed by atoms with Gasteiger partial charge >= 0.3 is 0 Å². The molecule has 0 aliphatic heterocycles. The van der Waals surface area contributed by atoms with Gasteiger partial charge in [-0.1, -0.05) is 23.2 Å². The van der Waals surface area contributed by atoms with E-state index in [4.69, 9.17) is 27.9 Å². The standard InChI is InChI=1S/C13H15BrCl2N4O/c1-17-12(11-10(16)5-8(15)6-18-11)13-9(14)7-19-20(13)3-4-21-2/h5-7,12,17H,3-4H2,1-2H3. The van der Waals surface area contributed by atoms with Gasteiger partial charge in [-0.15, -0.1) is 0 Å². The Balaban J connectivity index is 2.43. The monoisotopic (exact) mass is 392 g/mol. The van der Waals surface area contributed by atoms with Gasteiger partial charge in [0.05, 0.1) is 51.3 Å². The Morgan fingerprint density at radius 3 is 2.81 bits per heavy atom. The van der Waals surface area contributed by atoms with Crippen molar-refractivity contribution in [1.29, 1.82) is 0 Å². The topological polar surface area (TPSA) is 52.0 Å². The van der Waals surface area contributed by atoms with Crippen molar-refractivity contribution in [1.82, 2.24) is 20.1 Å². The van der Waals surface area contributed by atoms with Gasteiger partial charge in [-0.3, -0.25) is 9.67 Å². The average Bonchev–Trinajstić information content (AvgIpc) is 2.81. The van der Waals surface area contributed by atoms with Crippen molar-refractivity contribution in [2.75, 3.05) is 20.8 Å². The molecule has 0 spiro atoms. The van der Waals surface area contributed by atoms with E-state index in [-0.39, 0.29) is 6.04 Å². The SMILES string of the molecule is CNC(c1ncc(Cl)cc1Cl)c1c(Br)cnn1CCOC. The molecule has 1 N–H and O–H groups in total. The number of rotatable bonds is 6. The molecule has 2 aromatic heterocycles. The maximum atomic E-state index is 6.27. The van der Waals surface area contributed by atoms with Crippen LogP contribution >= 0.6 is 39.1 Å². The van der Waals surface area contributed by atoms with E-state index in [0.29, 0.717) is 28.9 Å². The van der Waals surface area contributed by atoms with E-state index in [1.165, 1.54) is 0 Å². The molecule has 0 amide bonds. The fraction of sp³-hybridized carbons (Fsp3) is 0.385. The smallest absolute Gasteiger partial charge is 0.0946 e. The first kappa shape index (κ1) is 16.7. The van der Waals surface area contributed by atoms with Crippen LogP contribution in [0, 0.1) is 0 Å². The molecule has 0 fully saturated rings. The lowest BCUT2D eigenvalue weighted by atomic mass is 10.1. The van der Waals surface area contributed by atoms with E-state index in [1.54, 1.807) is 25.6 Å². The van der Waals surface area contributed by atoms with Crippen LogP contribution in [0.2, 0.25) is 10.0 Å². The summed E-state index contributed by atoms with van der Waals surface area (Å²) in [6.07, 6.45) is 3.33. The fourth-order valence-corrected chi connectivity index (χ4v) is 3.07. The van der Waals surface area contributed by atoms with Gasteiger partial charge in [-0.05, 0) is 29.0 Å². The molecule has 2 aromatic rings. The van der Waals surface area contributed by atoms with Crippen molar-refractivity contribution in [3.8, 4) is 0 Å². The summed E-state index contributed by atoms with van der Waals surface area (Å²) in [5.74, 6) is 0. The Morgan fingerprint density at radius 2 is 2.19 bits per heavy atom. The van der Waals surface area contributed by atoms with E-state index >= 15 is 0 Å². The second-order valence-corrected chi connectivity index (χ2v) is 6.03. The lowest BCUT2D eigenvalue weighted by Crippen LogP contribution is -2.24. The highest BCUT2D eigenvalue weighted by molar-refractivity contribution is 9.10. The minimum absolute atomic E-state index is 0.205. The van der Waals surface area contributed by atoms with Crippen LogP contribution in [0.3, 0.4) is 0 Å². The molecule has 5 nitrogen and oxygen atoms in total. The van der Waals surface area contributed by atoms with Gasteiger partial charge in [-0.2, -0.15) is 5.10 Å². The van der Waals surface area contributed by atoms with E-state index < -0.39 is 0 Å². The van der Waals surface area contributed by atoms with Gasteiger partial charge in [0, 0.05) is 13.3 Å². The summed E-state index contributed by atoms with van der Waals surface area (Å²) in [5.41, 5.74) is 1.63. The second-order valence-electron chi connectivity index (χ2n) is 4.34. The lowest BCUT2D eigenvalue weighted by molar-refractivity contribution is 0.182. The quantitative estimate of drug-likeness (QED) is 0.817. The fourth-order valence-electron chi connectivity index (χ4n) is 2.06.